The number of nitrogens with two attached hydrogens (primary N) is 1. The molecule has 2 N–H and O–H groups in total. The molecular weight excluding hydrogens is 243 g/mol. The molecule has 0 unspecified atom stereocenters. The molecule has 0 aliphatic heterocycles. The first-order chi connectivity index (χ1) is 5.65. The second-order valence-corrected chi connectivity index (χ2v) is 5.70. The molecule has 0 radical (unpaired) electrons. The van der Waals surface area contributed by atoms with Gasteiger partial charge in [0, 0.05) is 12.8 Å². The Kier molecular flexibility index (Phi) is 3.53. The zero-order valence-electron chi connectivity index (χ0n) is 7.34. The Morgan fingerprint density at radius 2 is 1.93 bits per heavy atom. The zero-order valence-corrected chi connectivity index (χ0v) is 8.97. The molecule has 0 spiro atoms. The summed E-state index contributed by atoms with van der Waals surface area (Å²) in [6.45, 7) is -0.462. The van der Waals surface area contributed by atoms with Gasteiger partial charge in [0.15, 0.2) is 9.84 Å². The maximum absolute atomic E-state index is 12.1. The minimum Gasteiger partial charge on any atom is -0.329 e. The third-order valence-electron chi connectivity index (χ3n) is 2.50. The van der Waals surface area contributed by atoms with Crippen molar-refractivity contribution in [2.24, 2.45) is 11.7 Å². The van der Waals surface area contributed by atoms with Gasteiger partial charge in [0.1, 0.15) is 0 Å². The largest absolute Gasteiger partial charge is 0.393 e. The molecule has 0 bridgehead atoms. The molecule has 1 fully saturated rings. The van der Waals surface area contributed by atoms with Gasteiger partial charge in [0.05, 0.1) is 10.7 Å². The van der Waals surface area contributed by atoms with Crippen molar-refractivity contribution in [3.8, 4) is 0 Å². The first-order valence-electron chi connectivity index (χ1n) is 3.61. The van der Waals surface area contributed by atoms with Gasteiger partial charge in [-0.2, -0.15) is 13.2 Å². The Morgan fingerprint density at radius 1 is 1.50 bits per heavy atom. The molecule has 8 heteroatoms. The minimum absolute atomic E-state index is 0. The van der Waals surface area contributed by atoms with E-state index in [4.69, 9.17) is 5.73 Å². The lowest BCUT2D eigenvalue weighted by molar-refractivity contribution is -0.149. The number of halogens is 4. The van der Waals surface area contributed by atoms with Gasteiger partial charge < -0.3 is 5.73 Å². The Bertz CT molecular complexity index is 316. The van der Waals surface area contributed by atoms with Crippen LogP contribution in [0.3, 0.4) is 0 Å². The molecule has 0 aromatic carbocycles. The standard InChI is InChI=1S/C6H10F3NO2S.ClH/c1-13(11,12)5(3-10)2-4(5)6(7,8)9;/h4H,2-3,10H2,1H3;1H/t4-,5+;/m1./s1. The van der Waals surface area contributed by atoms with E-state index in [-0.39, 0.29) is 12.4 Å². The number of sulfone groups is 1. The van der Waals surface area contributed by atoms with Gasteiger partial charge in [-0.15, -0.1) is 12.4 Å². The highest BCUT2D eigenvalue weighted by Crippen LogP contribution is 2.57. The summed E-state index contributed by atoms with van der Waals surface area (Å²) in [7, 11) is -3.72. The summed E-state index contributed by atoms with van der Waals surface area (Å²) < 4.78 is 56.7. The molecule has 0 saturated heterocycles. The number of alkyl halides is 3. The summed E-state index contributed by atoms with van der Waals surface area (Å²) in [4.78, 5) is 0. The summed E-state index contributed by atoms with van der Waals surface area (Å²) in [5, 5.41) is 0. The molecule has 1 rings (SSSR count). The van der Waals surface area contributed by atoms with E-state index in [0.29, 0.717) is 0 Å². The van der Waals surface area contributed by atoms with Crippen molar-refractivity contribution in [3.63, 3.8) is 0 Å². The molecule has 0 amide bonds. The van der Waals surface area contributed by atoms with Crippen LogP contribution in [0.1, 0.15) is 6.42 Å². The summed E-state index contributed by atoms with van der Waals surface area (Å²) in [5.74, 6) is -1.78. The predicted molar refractivity (Wildman–Crippen MR) is 48.0 cm³/mol. The summed E-state index contributed by atoms with van der Waals surface area (Å²) >= 11 is 0. The SMILES string of the molecule is CS(=O)(=O)[C@]1(CN)C[C@H]1C(F)(F)F.Cl. The summed E-state index contributed by atoms with van der Waals surface area (Å²) in [5.41, 5.74) is 5.06. The van der Waals surface area contributed by atoms with Gasteiger partial charge in [-0.3, -0.25) is 0 Å². The van der Waals surface area contributed by atoms with Crippen LogP contribution < -0.4 is 5.73 Å². The Hall–Kier alpha value is -0.0100. The number of hydrogen-bond donors (Lipinski definition) is 1. The van der Waals surface area contributed by atoms with E-state index in [1.54, 1.807) is 0 Å². The van der Waals surface area contributed by atoms with Gasteiger partial charge in [-0.1, -0.05) is 0 Å². The monoisotopic (exact) mass is 253 g/mol. The van der Waals surface area contributed by atoms with Crippen LogP contribution in [-0.2, 0) is 9.84 Å². The lowest BCUT2D eigenvalue weighted by atomic mass is 10.3. The van der Waals surface area contributed by atoms with Gasteiger partial charge in [0.25, 0.3) is 0 Å². The van der Waals surface area contributed by atoms with E-state index in [1.807, 2.05) is 0 Å². The van der Waals surface area contributed by atoms with Crippen molar-refractivity contribution in [2.45, 2.75) is 17.3 Å². The smallest absolute Gasteiger partial charge is 0.329 e. The third kappa shape index (κ3) is 1.99. The lowest BCUT2D eigenvalue weighted by Gasteiger charge is -2.14. The van der Waals surface area contributed by atoms with E-state index in [1.165, 1.54) is 0 Å². The average Bonchev–Trinajstić information content (AvgIpc) is 2.57. The van der Waals surface area contributed by atoms with E-state index < -0.39 is 39.6 Å². The van der Waals surface area contributed by atoms with Crippen LogP contribution >= 0.6 is 12.4 Å². The van der Waals surface area contributed by atoms with Gasteiger partial charge in [0.2, 0.25) is 0 Å². The molecule has 1 saturated carbocycles. The van der Waals surface area contributed by atoms with Gasteiger partial charge in [-0.25, -0.2) is 8.42 Å². The fourth-order valence-corrected chi connectivity index (χ4v) is 2.91. The highest BCUT2D eigenvalue weighted by Gasteiger charge is 2.71. The quantitative estimate of drug-likeness (QED) is 0.789. The Morgan fingerprint density at radius 3 is 2.00 bits per heavy atom. The zero-order chi connectivity index (χ0) is 10.5. The third-order valence-corrected chi connectivity index (χ3v) is 4.60. The molecular formula is C6H11ClF3NO2S. The predicted octanol–water partition coefficient (Wildman–Crippen LogP) is 0.732. The molecule has 0 heterocycles. The van der Waals surface area contributed by atoms with E-state index >= 15 is 0 Å². The summed E-state index contributed by atoms with van der Waals surface area (Å²) in [6.07, 6.45) is -4.06. The van der Waals surface area contributed by atoms with Crippen LogP contribution in [0.15, 0.2) is 0 Å². The lowest BCUT2D eigenvalue weighted by Crippen LogP contribution is -2.36. The molecule has 14 heavy (non-hydrogen) atoms. The van der Waals surface area contributed by atoms with Crippen LogP contribution in [0, 0.1) is 5.92 Å². The number of hydrogen-bond acceptors (Lipinski definition) is 3. The van der Waals surface area contributed by atoms with Crippen LogP contribution in [0.4, 0.5) is 13.2 Å². The van der Waals surface area contributed by atoms with Crippen LogP contribution in [0.5, 0.6) is 0 Å². The van der Waals surface area contributed by atoms with Gasteiger partial charge in [-0.05, 0) is 6.42 Å². The maximum Gasteiger partial charge on any atom is 0.393 e. The van der Waals surface area contributed by atoms with Crippen LogP contribution in [0.2, 0.25) is 0 Å². The van der Waals surface area contributed by atoms with Crippen molar-refractivity contribution >= 4 is 22.2 Å². The van der Waals surface area contributed by atoms with E-state index in [9.17, 15) is 21.6 Å². The van der Waals surface area contributed by atoms with Crippen molar-refractivity contribution < 1.29 is 21.6 Å². The fourth-order valence-electron chi connectivity index (χ4n) is 1.49. The van der Waals surface area contributed by atoms with Crippen molar-refractivity contribution in [1.82, 2.24) is 0 Å². The normalized spacial score (nSPS) is 32.2. The average molecular weight is 254 g/mol. The second-order valence-electron chi connectivity index (χ2n) is 3.34. The maximum atomic E-state index is 12.1. The van der Waals surface area contributed by atoms with Gasteiger partial charge >= 0.3 is 6.18 Å². The molecule has 0 aromatic rings. The first-order valence-corrected chi connectivity index (χ1v) is 5.51. The molecule has 0 aromatic heterocycles. The molecule has 3 nitrogen and oxygen atoms in total. The molecule has 86 valence electrons. The van der Waals surface area contributed by atoms with E-state index in [2.05, 4.69) is 0 Å². The topological polar surface area (TPSA) is 60.2 Å². The molecule has 1 aliphatic carbocycles. The highest BCUT2D eigenvalue weighted by molar-refractivity contribution is 7.92. The van der Waals surface area contributed by atoms with Crippen LogP contribution in [0.25, 0.3) is 0 Å². The first kappa shape index (κ1) is 14.0. The van der Waals surface area contributed by atoms with Crippen molar-refractivity contribution in [3.05, 3.63) is 0 Å². The fraction of sp³-hybridized carbons (Fsp3) is 1.00. The Balaban J connectivity index is 0.00000169. The van der Waals surface area contributed by atoms with Crippen LogP contribution in [-0.4, -0.2) is 32.1 Å². The highest BCUT2D eigenvalue weighted by atomic mass is 35.5. The minimum atomic E-state index is -4.46. The van der Waals surface area contributed by atoms with Crippen molar-refractivity contribution in [1.29, 1.82) is 0 Å². The molecule has 1 aliphatic rings. The second kappa shape index (κ2) is 3.53. The molecule has 2 atom stereocenters. The summed E-state index contributed by atoms with van der Waals surface area (Å²) in [6, 6.07) is 0. The van der Waals surface area contributed by atoms with E-state index in [0.717, 1.165) is 6.26 Å². The number of rotatable bonds is 2. The Labute approximate surface area is 86.2 Å². The van der Waals surface area contributed by atoms with Crippen molar-refractivity contribution in [2.75, 3.05) is 12.8 Å².